The van der Waals surface area contributed by atoms with Crippen molar-refractivity contribution < 1.29 is 9.84 Å². The molecule has 1 heterocycles. The summed E-state index contributed by atoms with van der Waals surface area (Å²) in [7, 11) is 2.04. The van der Waals surface area contributed by atoms with E-state index in [9.17, 15) is 5.11 Å². The molecule has 4 heteroatoms. The monoisotopic (exact) mass is 280 g/mol. The molecule has 1 rings (SSSR count). The van der Waals surface area contributed by atoms with Crippen molar-refractivity contribution in [2.45, 2.75) is 51.9 Å². The lowest BCUT2D eigenvalue weighted by Gasteiger charge is -2.30. The van der Waals surface area contributed by atoms with E-state index < -0.39 is 6.10 Å². The number of rotatable bonds is 7. The van der Waals surface area contributed by atoms with Crippen molar-refractivity contribution in [1.82, 2.24) is 9.88 Å². The summed E-state index contributed by atoms with van der Waals surface area (Å²) in [6.07, 6.45) is 4.14. The summed E-state index contributed by atoms with van der Waals surface area (Å²) in [5.41, 5.74) is 1.02. The Kier molecular flexibility index (Phi) is 6.59. The minimum atomic E-state index is -0.477. The van der Waals surface area contributed by atoms with Crippen molar-refractivity contribution in [2.24, 2.45) is 0 Å². The van der Waals surface area contributed by atoms with Crippen LogP contribution in [-0.4, -0.2) is 46.9 Å². The molecule has 1 aromatic heterocycles. The van der Waals surface area contributed by atoms with E-state index in [4.69, 9.17) is 4.74 Å². The molecule has 0 amide bonds. The van der Waals surface area contributed by atoms with Gasteiger partial charge in [0, 0.05) is 25.0 Å². The summed E-state index contributed by atoms with van der Waals surface area (Å²) in [6.45, 7) is 9.09. The number of pyridine rings is 1. The van der Waals surface area contributed by atoms with Gasteiger partial charge in [0.25, 0.3) is 0 Å². The second-order valence-corrected chi connectivity index (χ2v) is 6.22. The zero-order valence-electron chi connectivity index (χ0n) is 13.3. The lowest BCUT2D eigenvalue weighted by molar-refractivity contribution is -0.0571. The number of likely N-dealkylation sites (N-methyl/N-ethyl adjacent to an activating group) is 1. The molecule has 0 saturated carbocycles. The Morgan fingerprint density at radius 3 is 2.40 bits per heavy atom. The maximum absolute atomic E-state index is 10.1. The number of aromatic nitrogens is 1. The smallest absolute Gasteiger partial charge is 0.0900 e. The van der Waals surface area contributed by atoms with Gasteiger partial charge < -0.3 is 9.84 Å². The van der Waals surface area contributed by atoms with Crippen molar-refractivity contribution in [2.75, 3.05) is 20.2 Å². The third kappa shape index (κ3) is 5.99. The molecule has 0 spiro atoms. The van der Waals surface area contributed by atoms with Crippen LogP contribution in [-0.2, 0) is 4.74 Å². The first kappa shape index (κ1) is 17.1. The van der Waals surface area contributed by atoms with Crippen LogP contribution < -0.4 is 0 Å². The molecule has 2 atom stereocenters. The van der Waals surface area contributed by atoms with Gasteiger partial charge in [0.15, 0.2) is 0 Å². The zero-order valence-corrected chi connectivity index (χ0v) is 13.3. The van der Waals surface area contributed by atoms with Crippen molar-refractivity contribution in [3.63, 3.8) is 0 Å². The Morgan fingerprint density at radius 2 is 1.90 bits per heavy atom. The third-order valence-corrected chi connectivity index (χ3v) is 3.22. The lowest BCUT2D eigenvalue weighted by atomic mass is 10.0. The molecule has 0 fully saturated rings. The van der Waals surface area contributed by atoms with Crippen molar-refractivity contribution in [3.8, 4) is 0 Å². The number of hydrogen-bond donors (Lipinski definition) is 1. The molecule has 0 aliphatic heterocycles. The van der Waals surface area contributed by atoms with E-state index in [1.165, 1.54) is 5.56 Å². The fourth-order valence-electron chi connectivity index (χ4n) is 2.25. The predicted molar refractivity (Wildman–Crippen MR) is 81.6 cm³/mol. The topological polar surface area (TPSA) is 45.6 Å². The minimum absolute atomic E-state index is 0.213. The molecule has 0 radical (unpaired) electrons. The van der Waals surface area contributed by atoms with Gasteiger partial charge in [-0.2, -0.15) is 0 Å². The first-order chi connectivity index (χ1) is 9.33. The summed E-state index contributed by atoms with van der Waals surface area (Å²) in [6, 6.07) is 4.35. The quantitative estimate of drug-likeness (QED) is 0.834. The van der Waals surface area contributed by atoms with E-state index in [1.54, 1.807) is 0 Å². The highest BCUT2D eigenvalue weighted by Gasteiger charge is 2.19. The average molecular weight is 280 g/mol. The van der Waals surface area contributed by atoms with Crippen molar-refractivity contribution >= 4 is 0 Å². The fraction of sp³-hybridized carbons (Fsp3) is 0.688. The molecule has 0 saturated heterocycles. The fourth-order valence-corrected chi connectivity index (χ4v) is 2.25. The molecule has 0 aromatic carbocycles. The van der Waals surface area contributed by atoms with E-state index in [-0.39, 0.29) is 5.60 Å². The maximum Gasteiger partial charge on any atom is 0.0900 e. The number of aliphatic hydroxyl groups excluding tert-OH is 1. The zero-order chi connectivity index (χ0) is 15.2. The van der Waals surface area contributed by atoms with E-state index in [0.29, 0.717) is 19.2 Å². The SMILES string of the molecule is CCC(c1ccncc1)N(C)CC(O)COC(C)(C)C. The molecular weight excluding hydrogens is 252 g/mol. The second kappa shape index (κ2) is 7.72. The first-order valence-electron chi connectivity index (χ1n) is 7.25. The number of hydrogen-bond acceptors (Lipinski definition) is 4. The Hall–Kier alpha value is -0.970. The van der Waals surface area contributed by atoms with Gasteiger partial charge in [-0.1, -0.05) is 6.92 Å². The Balaban J connectivity index is 2.53. The van der Waals surface area contributed by atoms with Crippen LogP contribution in [0.3, 0.4) is 0 Å². The molecular formula is C16H28N2O2. The molecule has 0 aliphatic carbocycles. The highest BCUT2D eigenvalue weighted by molar-refractivity contribution is 5.14. The summed E-state index contributed by atoms with van der Waals surface area (Å²) < 4.78 is 5.62. The van der Waals surface area contributed by atoms with Crippen LogP contribution in [0, 0.1) is 0 Å². The summed E-state index contributed by atoms with van der Waals surface area (Å²) in [5.74, 6) is 0. The number of aliphatic hydroxyl groups is 1. The lowest BCUT2D eigenvalue weighted by Crippen LogP contribution is -2.36. The standard InChI is InChI=1S/C16H28N2O2/c1-6-15(13-7-9-17-10-8-13)18(5)11-14(19)12-20-16(2,3)4/h7-10,14-15,19H,6,11-12H2,1-5H3. The third-order valence-electron chi connectivity index (χ3n) is 3.22. The number of ether oxygens (including phenoxy) is 1. The molecule has 0 aliphatic rings. The Morgan fingerprint density at radius 1 is 1.30 bits per heavy atom. The molecule has 114 valence electrons. The van der Waals surface area contributed by atoms with Crippen molar-refractivity contribution in [3.05, 3.63) is 30.1 Å². The normalized spacial score (nSPS) is 15.3. The van der Waals surface area contributed by atoms with Crippen LogP contribution in [0.25, 0.3) is 0 Å². The van der Waals surface area contributed by atoms with Gasteiger partial charge in [-0.3, -0.25) is 9.88 Å². The second-order valence-electron chi connectivity index (χ2n) is 6.22. The predicted octanol–water partition coefficient (Wildman–Crippen LogP) is 2.64. The molecule has 2 unspecified atom stereocenters. The summed E-state index contributed by atoms with van der Waals surface area (Å²) in [5, 5.41) is 10.1. The van der Waals surface area contributed by atoms with Crippen LogP contribution >= 0.6 is 0 Å². The van der Waals surface area contributed by atoms with E-state index in [1.807, 2.05) is 52.3 Å². The summed E-state index contributed by atoms with van der Waals surface area (Å²) in [4.78, 5) is 6.22. The molecule has 1 N–H and O–H groups in total. The highest BCUT2D eigenvalue weighted by atomic mass is 16.5. The molecule has 1 aromatic rings. The van der Waals surface area contributed by atoms with E-state index in [0.717, 1.165) is 6.42 Å². The van der Waals surface area contributed by atoms with Gasteiger partial charge in [-0.25, -0.2) is 0 Å². The van der Waals surface area contributed by atoms with Crippen LogP contribution in [0.2, 0.25) is 0 Å². The Bertz CT molecular complexity index is 376. The molecule has 20 heavy (non-hydrogen) atoms. The van der Waals surface area contributed by atoms with Gasteiger partial charge in [0.05, 0.1) is 18.3 Å². The van der Waals surface area contributed by atoms with Gasteiger partial charge in [0.1, 0.15) is 0 Å². The first-order valence-corrected chi connectivity index (χ1v) is 7.25. The van der Waals surface area contributed by atoms with Gasteiger partial charge in [-0.05, 0) is 51.9 Å². The van der Waals surface area contributed by atoms with Crippen LogP contribution in [0.5, 0.6) is 0 Å². The molecule has 4 nitrogen and oxygen atoms in total. The Labute approximate surface area is 122 Å². The van der Waals surface area contributed by atoms with Gasteiger partial charge in [-0.15, -0.1) is 0 Å². The van der Waals surface area contributed by atoms with E-state index in [2.05, 4.69) is 16.8 Å². The van der Waals surface area contributed by atoms with Crippen LogP contribution in [0.15, 0.2) is 24.5 Å². The summed E-state index contributed by atoms with van der Waals surface area (Å²) >= 11 is 0. The van der Waals surface area contributed by atoms with Gasteiger partial charge in [0.2, 0.25) is 0 Å². The molecule has 0 bridgehead atoms. The highest BCUT2D eigenvalue weighted by Crippen LogP contribution is 2.22. The van der Waals surface area contributed by atoms with Crippen LogP contribution in [0.4, 0.5) is 0 Å². The largest absolute Gasteiger partial charge is 0.389 e. The van der Waals surface area contributed by atoms with Crippen molar-refractivity contribution in [1.29, 1.82) is 0 Å². The number of nitrogens with zero attached hydrogens (tertiary/aromatic N) is 2. The maximum atomic E-state index is 10.1. The van der Waals surface area contributed by atoms with Gasteiger partial charge >= 0.3 is 0 Å². The van der Waals surface area contributed by atoms with E-state index >= 15 is 0 Å². The minimum Gasteiger partial charge on any atom is -0.389 e. The van der Waals surface area contributed by atoms with Crippen LogP contribution in [0.1, 0.15) is 45.7 Å². The average Bonchev–Trinajstić information content (AvgIpc) is 2.38.